The summed E-state index contributed by atoms with van der Waals surface area (Å²) in [5.41, 5.74) is 10.1. The Bertz CT molecular complexity index is 1370. The van der Waals surface area contributed by atoms with Crippen molar-refractivity contribution in [3.05, 3.63) is 95.5 Å². The van der Waals surface area contributed by atoms with Gasteiger partial charge in [0.05, 0.1) is 11.0 Å². The zero-order chi connectivity index (χ0) is 19.1. The lowest BCUT2D eigenvalue weighted by atomic mass is 10.0. The molecule has 0 amide bonds. The number of hydrogen-bond donors (Lipinski definition) is 1. The van der Waals surface area contributed by atoms with E-state index in [1.807, 2.05) is 54.6 Å². The Morgan fingerprint density at radius 3 is 2.39 bits per heavy atom. The lowest BCUT2D eigenvalue weighted by Gasteiger charge is -2.13. The molecule has 5 nitrogen and oxygen atoms in total. The van der Waals surface area contributed by atoms with E-state index in [0.29, 0.717) is 5.82 Å². The molecule has 2 N–H and O–H groups in total. The van der Waals surface area contributed by atoms with Gasteiger partial charge >= 0.3 is 0 Å². The highest BCUT2D eigenvalue weighted by molar-refractivity contribution is 6.05. The largest absolute Gasteiger partial charge is 0.384 e. The Morgan fingerprint density at radius 1 is 0.786 bits per heavy atom. The summed E-state index contributed by atoms with van der Waals surface area (Å²) >= 11 is 0. The average Bonchev–Trinajstić information content (AvgIpc) is 2.74. The first-order chi connectivity index (χ1) is 13.7. The van der Waals surface area contributed by atoms with Gasteiger partial charge in [-0.15, -0.1) is 0 Å². The molecule has 3 heterocycles. The molecule has 5 heteroatoms. The summed E-state index contributed by atoms with van der Waals surface area (Å²) in [5, 5.41) is 1.82. The number of pyridine rings is 3. The van der Waals surface area contributed by atoms with Crippen molar-refractivity contribution in [3.63, 3.8) is 0 Å². The van der Waals surface area contributed by atoms with Crippen LogP contribution in [0.3, 0.4) is 0 Å². The van der Waals surface area contributed by atoms with Gasteiger partial charge < -0.3 is 5.73 Å². The van der Waals surface area contributed by atoms with Crippen molar-refractivity contribution in [2.75, 3.05) is 5.73 Å². The summed E-state index contributed by atoms with van der Waals surface area (Å²) < 4.78 is 1.74. The van der Waals surface area contributed by atoms with Crippen LogP contribution in [0.2, 0.25) is 0 Å². The molecular formula is C23H16N4O. The molecule has 0 atom stereocenters. The van der Waals surface area contributed by atoms with E-state index < -0.39 is 0 Å². The predicted molar refractivity (Wildman–Crippen MR) is 112 cm³/mol. The van der Waals surface area contributed by atoms with Gasteiger partial charge in [0.2, 0.25) is 0 Å². The van der Waals surface area contributed by atoms with Gasteiger partial charge in [-0.3, -0.25) is 14.3 Å². The van der Waals surface area contributed by atoms with Crippen molar-refractivity contribution in [1.29, 1.82) is 0 Å². The minimum Gasteiger partial charge on any atom is -0.384 e. The molecule has 0 unspecified atom stereocenters. The monoisotopic (exact) mass is 364 g/mol. The molecule has 0 aliphatic heterocycles. The van der Waals surface area contributed by atoms with E-state index in [4.69, 9.17) is 5.73 Å². The Morgan fingerprint density at radius 2 is 1.61 bits per heavy atom. The molecule has 0 aliphatic carbocycles. The molecular weight excluding hydrogens is 348 g/mol. The van der Waals surface area contributed by atoms with E-state index >= 15 is 0 Å². The molecule has 3 aromatic heterocycles. The molecule has 5 aromatic rings. The Labute approximate surface area is 160 Å². The standard InChI is InChI=1S/C23H16N4O/c24-21-10-7-16(13-26-21)15-6-9-20-19(12-15)23-17(14-25-20)8-11-22(28)27(23)18-4-2-1-3-5-18/h1-14H,(H2,24,26). The fourth-order valence-electron chi connectivity index (χ4n) is 3.50. The van der Waals surface area contributed by atoms with Crippen molar-refractivity contribution in [3.8, 4) is 16.8 Å². The fraction of sp³-hybridized carbons (Fsp3) is 0. The second kappa shape index (κ2) is 6.32. The van der Waals surface area contributed by atoms with Crippen LogP contribution >= 0.6 is 0 Å². The quantitative estimate of drug-likeness (QED) is 0.477. The molecule has 2 aromatic carbocycles. The maximum Gasteiger partial charge on any atom is 0.255 e. The van der Waals surface area contributed by atoms with Crippen molar-refractivity contribution in [2.24, 2.45) is 0 Å². The van der Waals surface area contributed by atoms with Crippen LogP contribution in [0.1, 0.15) is 0 Å². The molecule has 134 valence electrons. The van der Waals surface area contributed by atoms with Gasteiger partial charge in [-0.1, -0.05) is 24.3 Å². The number of nitrogen functional groups attached to an aromatic ring is 1. The second-order valence-electron chi connectivity index (χ2n) is 6.61. The van der Waals surface area contributed by atoms with E-state index in [1.54, 1.807) is 29.1 Å². The molecule has 0 aliphatic rings. The second-order valence-corrected chi connectivity index (χ2v) is 6.61. The Kier molecular flexibility index (Phi) is 3.66. The van der Waals surface area contributed by atoms with E-state index in [9.17, 15) is 4.79 Å². The number of fused-ring (bicyclic) bond motifs is 3. The molecule has 0 fully saturated rings. The SMILES string of the molecule is Nc1ccc(-c2ccc3ncc4ccc(=O)n(-c5ccccc5)c4c3c2)cn1. The van der Waals surface area contributed by atoms with Crippen LogP contribution in [0.15, 0.2) is 90.0 Å². The smallest absolute Gasteiger partial charge is 0.255 e. The Balaban J connectivity index is 1.88. The summed E-state index contributed by atoms with van der Waals surface area (Å²) in [7, 11) is 0. The number of nitrogens with two attached hydrogens (primary N) is 1. The van der Waals surface area contributed by atoms with Crippen LogP contribution in [0.5, 0.6) is 0 Å². The van der Waals surface area contributed by atoms with Crippen molar-refractivity contribution in [2.45, 2.75) is 0 Å². The van der Waals surface area contributed by atoms with Crippen LogP contribution in [-0.4, -0.2) is 14.5 Å². The highest BCUT2D eigenvalue weighted by Crippen LogP contribution is 2.29. The van der Waals surface area contributed by atoms with Crippen LogP contribution in [0.25, 0.3) is 38.6 Å². The van der Waals surface area contributed by atoms with Gasteiger partial charge in [0.25, 0.3) is 5.56 Å². The summed E-state index contributed by atoms with van der Waals surface area (Å²) in [6, 6.07) is 22.8. The molecule has 0 radical (unpaired) electrons. The van der Waals surface area contributed by atoms with Gasteiger partial charge in [0.1, 0.15) is 5.82 Å². The molecule has 5 rings (SSSR count). The van der Waals surface area contributed by atoms with Crippen molar-refractivity contribution < 1.29 is 0 Å². The van der Waals surface area contributed by atoms with E-state index in [1.165, 1.54) is 0 Å². The zero-order valence-corrected chi connectivity index (χ0v) is 14.9. The Hall–Kier alpha value is -3.99. The number of rotatable bonds is 2. The topological polar surface area (TPSA) is 73.8 Å². The normalized spacial score (nSPS) is 11.1. The summed E-state index contributed by atoms with van der Waals surface area (Å²) in [4.78, 5) is 21.5. The van der Waals surface area contributed by atoms with Crippen LogP contribution in [-0.2, 0) is 0 Å². The van der Waals surface area contributed by atoms with E-state index in [2.05, 4.69) is 16.0 Å². The number of para-hydroxylation sites is 1. The summed E-state index contributed by atoms with van der Waals surface area (Å²) in [6.45, 7) is 0. The first kappa shape index (κ1) is 16.2. The molecule has 0 saturated heterocycles. The average molecular weight is 364 g/mol. The highest BCUT2D eigenvalue weighted by Gasteiger charge is 2.11. The maximum atomic E-state index is 12.8. The van der Waals surface area contributed by atoms with Gasteiger partial charge in [-0.25, -0.2) is 4.98 Å². The number of anilines is 1. The van der Waals surface area contributed by atoms with Crippen LogP contribution in [0.4, 0.5) is 5.82 Å². The predicted octanol–water partition coefficient (Wildman–Crippen LogP) is 4.18. The van der Waals surface area contributed by atoms with Crippen LogP contribution < -0.4 is 11.3 Å². The van der Waals surface area contributed by atoms with Crippen molar-refractivity contribution in [1.82, 2.24) is 14.5 Å². The number of aromatic nitrogens is 3. The van der Waals surface area contributed by atoms with E-state index in [0.717, 1.165) is 38.6 Å². The lowest BCUT2D eigenvalue weighted by molar-refractivity contribution is 1.05. The minimum absolute atomic E-state index is 0.0780. The van der Waals surface area contributed by atoms with Crippen LogP contribution in [0, 0.1) is 0 Å². The fourth-order valence-corrected chi connectivity index (χ4v) is 3.50. The first-order valence-electron chi connectivity index (χ1n) is 8.92. The van der Waals surface area contributed by atoms with Gasteiger partial charge in [0.15, 0.2) is 0 Å². The highest BCUT2D eigenvalue weighted by atomic mass is 16.1. The third-order valence-corrected chi connectivity index (χ3v) is 4.85. The number of benzene rings is 2. The van der Waals surface area contributed by atoms with Crippen molar-refractivity contribution >= 4 is 27.6 Å². The number of nitrogens with zero attached hydrogens (tertiary/aromatic N) is 3. The van der Waals surface area contributed by atoms with Gasteiger partial charge in [0, 0.05) is 40.5 Å². The van der Waals surface area contributed by atoms with Gasteiger partial charge in [-0.05, 0) is 48.0 Å². The molecule has 0 bridgehead atoms. The van der Waals surface area contributed by atoms with E-state index in [-0.39, 0.29) is 5.56 Å². The maximum absolute atomic E-state index is 12.8. The summed E-state index contributed by atoms with van der Waals surface area (Å²) in [6.07, 6.45) is 3.56. The van der Waals surface area contributed by atoms with Gasteiger partial charge in [-0.2, -0.15) is 0 Å². The molecule has 0 saturated carbocycles. The third-order valence-electron chi connectivity index (χ3n) is 4.85. The molecule has 0 spiro atoms. The molecule has 28 heavy (non-hydrogen) atoms. The minimum atomic E-state index is -0.0780. The first-order valence-corrected chi connectivity index (χ1v) is 8.92. The lowest BCUT2D eigenvalue weighted by Crippen LogP contribution is -2.17. The number of hydrogen-bond acceptors (Lipinski definition) is 4. The zero-order valence-electron chi connectivity index (χ0n) is 14.9. The third kappa shape index (κ3) is 2.61. The summed E-state index contributed by atoms with van der Waals surface area (Å²) in [5.74, 6) is 0.481.